The van der Waals surface area contributed by atoms with Crippen LogP contribution >= 0.6 is 23.2 Å². The Balaban J connectivity index is 1.50. The molecule has 1 heterocycles. The molecule has 1 amide bonds. The summed E-state index contributed by atoms with van der Waals surface area (Å²) in [4.78, 5) is 46.4. The first kappa shape index (κ1) is 26.3. The Labute approximate surface area is 220 Å². The van der Waals surface area contributed by atoms with Crippen LogP contribution in [0, 0.1) is 11.3 Å². The molecule has 2 aromatic rings. The second-order valence-electron chi connectivity index (χ2n) is 9.55. The van der Waals surface area contributed by atoms with Gasteiger partial charge < -0.3 is 10.4 Å². The highest BCUT2D eigenvalue weighted by molar-refractivity contribution is 6.40. The van der Waals surface area contributed by atoms with Crippen molar-refractivity contribution in [2.75, 3.05) is 5.32 Å². The Morgan fingerprint density at radius 3 is 2.36 bits per heavy atom. The zero-order valence-electron chi connectivity index (χ0n) is 20.1. The maximum absolute atomic E-state index is 13.0. The average molecular weight is 530 g/mol. The average Bonchev–Trinajstić information content (AvgIpc) is 2.86. The molecule has 1 aromatic heterocycles. The summed E-state index contributed by atoms with van der Waals surface area (Å²) in [6.45, 7) is 2.03. The molecule has 2 fully saturated rings. The predicted molar refractivity (Wildman–Crippen MR) is 140 cm³/mol. The molecule has 0 saturated heterocycles. The number of aliphatic carboxylic acids is 1. The second-order valence-corrected chi connectivity index (χ2v) is 10.4. The molecule has 1 unspecified atom stereocenters. The number of rotatable bonds is 8. The third kappa shape index (κ3) is 5.18. The first-order valence-corrected chi connectivity index (χ1v) is 13.1. The number of aromatic nitrogens is 1. The largest absolute Gasteiger partial charge is 0.480 e. The van der Waals surface area contributed by atoms with E-state index in [1.807, 2.05) is 6.92 Å². The molecule has 1 spiro atoms. The fourth-order valence-electron chi connectivity index (χ4n) is 5.39. The summed E-state index contributed by atoms with van der Waals surface area (Å²) < 4.78 is 0. The highest BCUT2D eigenvalue weighted by Gasteiger charge is 2.58. The summed E-state index contributed by atoms with van der Waals surface area (Å²) >= 11 is 12.1. The number of nitrogens with one attached hydrogen (secondary N) is 1. The number of ketones is 1. The van der Waals surface area contributed by atoms with Gasteiger partial charge in [0, 0.05) is 30.2 Å². The number of carbonyl (C=O) groups is 3. The number of hydrogen-bond acceptors (Lipinski definition) is 5. The third-order valence-corrected chi connectivity index (χ3v) is 7.77. The topological polar surface area (TPSA) is 109 Å². The fraction of sp³-hybridized carbons (Fsp3) is 0.444. The normalized spacial score (nSPS) is 20.7. The lowest BCUT2D eigenvalue weighted by Crippen LogP contribution is -2.60. The molecule has 0 bridgehead atoms. The fourth-order valence-corrected chi connectivity index (χ4v) is 5.93. The lowest BCUT2D eigenvalue weighted by atomic mass is 9.52. The standard InChI is InChI=1S/C27H29Cl2N3O4/c1-2-6-18-23(27(24(18)33)11-4-3-5-12-27)32-21(26(35)36)13-16-7-9-17(10-8-16)31-25(34)22-19(28)14-30-15-20(22)29/h7-10,14-15,18,21H,2-6,11-13H2,1H3,(H,31,34)(H,35,36)/t18?,21-/m0/s1. The van der Waals surface area contributed by atoms with Crippen molar-refractivity contribution < 1.29 is 19.5 Å². The minimum Gasteiger partial charge on any atom is -0.480 e. The van der Waals surface area contributed by atoms with E-state index in [-0.39, 0.29) is 33.7 Å². The number of carboxylic acids is 1. The van der Waals surface area contributed by atoms with Gasteiger partial charge in [0.25, 0.3) is 5.91 Å². The van der Waals surface area contributed by atoms with Gasteiger partial charge in [-0.25, -0.2) is 4.79 Å². The molecule has 4 rings (SSSR count). The summed E-state index contributed by atoms with van der Waals surface area (Å²) in [5.41, 5.74) is 1.67. The monoisotopic (exact) mass is 529 g/mol. The molecule has 2 aliphatic rings. The summed E-state index contributed by atoms with van der Waals surface area (Å²) in [7, 11) is 0. The van der Waals surface area contributed by atoms with Gasteiger partial charge in [-0.1, -0.05) is 67.9 Å². The van der Waals surface area contributed by atoms with Gasteiger partial charge in [-0.2, -0.15) is 0 Å². The lowest BCUT2D eigenvalue weighted by molar-refractivity contribution is -0.139. The number of aliphatic imine (C=N–C) groups is 1. The van der Waals surface area contributed by atoms with E-state index in [1.54, 1.807) is 24.3 Å². The number of Topliss-reactive ketones (excluding diaryl/α,β-unsaturated/α-hetero) is 1. The lowest BCUT2D eigenvalue weighted by Gasteiger charge is -2.50. The van der Waals surface area contributed by atoms with Crippen LogP contribution in [-0.2, 0) is 16.0 Å². The quantitative estimate of drug-likeness (QED) is 0.434. The van der Waals surface area contributed by atoms with Crippen molar-refractivity contribution in [2.24, 2.45) is 16.3 Å². The van der Waals surface area contributed by atoms with Crippen molar-refractivity contribution in [2.45, 2.75) is 64.3 Å². The van der Waals surface area contributed by atoms with Crippen LogP contribution in [0.1, 0.15) is 67.8 Å². The van der Waals surface area contributed by atoms with Crippen molar-refractivity contribution >= 4 is 52.3 Å². The molecule has 2 aliphatic carbocycles. The molecule has 7 nitrogen and oxygen atoms in total. The SMILES string of the molecule is CCCC1C(=O)C2(CCCCC2)C1=N[C@@H](Cc1ccc(NC(=O)c2c(Cl)cncc2Cl)cc1)C(=O)O. The summed E-state index contributed by atoms with van der Waals surface area (Å²) in [6, 6.07) is 5.93. The van der Waals surface area contributed by atoms with Crippen LogP contribution in [-0.4, -0.2) is 39.5 Å². The Morgan fingerprint density at radius 2 is 1.78 bits per heavy atom. The van der Waals surface area contributed by atoms with Crippen molar-refractivity contribution in [3.05, 3.63) is 57.8 Å². The summed E-state index contributed by atoms with van der Waals surface area (Å²) in [5, 5.41) is 13.0. The van der Waals surface area contributed by atoms with Gasteiger partial charge in [0.1, 0.15) is 0 Å². The van der Waals surface area contributed by atoms with Gasteiger partial charge in [-0.15, -0.1) is 0 Å². The zero-order valence-corrected chi connectivity index (χ0v) is 21.6. The number of halogens is 2. The number of benzene rings is 1. The molecule has 2 atom stereocenters. The first-order chi connectivity index (χ1) is 17.3. The summed E-state index contributed by atoms with van der Waals surface area (Å²) in [5.74, 6) is -1.48. The highest BCUT2D eigenvalue weighted by Crippen LogP contribution is 2.51. The first-order valence-electron chi connectivity index (χ1n) is 12.3. The Bertz CT molecular complexity index is 1170. The molecule has 0 radical (unpaired) electrons. The molecule has 36 heavy (non-hydrogen) atoms. The van der Waals surface area contributed by atoms with Crippen LogP contribution in [0.25, 0.3) is 0 Å². The summed E-state index contributed by atoms with van der Waals surface area (Å²) in [6.07, 6.45) is 9.05. The van der Waals surface area contributed by atoms with E-state index in [0.29, 0.717) is 12.1 Å². The van der Waals surface area contributed by atoms with Gasteiger partial charge >= 0.3 is 5.97 Å². The van der Waals surface area contributed by atoms with E-state index in [1.165, 1.54) is 12.4 Å². The van der Waals surface area contributed by atoms with E-state index in [4.69, 9.17) is 28.2 Å². The van der Waals surface area contributed by atoms with Crippen molar-refractivity contribution in [3.8, 4) is 0 Å². The van der Waals surface area contributed by atoms with E-state index >= 15 is 0 Å². The molecule has 1 aromatic carbocycles. The van der Waals surface area contributed by atoms with Gasteiger partial charge in [-0.05, 0) is 37.0 Å². The minimum atomic E-state index is -1.01. The number of carboxylic acid groups (broad SMARTS) is 1. The van der Waals surface area contributed by atoms with E-state index in [0.717, 1.165) is 49.8 Å². The molecule has 9 heteroatoms. The Hall–Kier alpha value is -2.77. The predicted octanol–water partition coefficient (Wildman–Crippen LogP) is 6.03. The molecular formula is C27H29Cl2N3O4. The molecular weight excluding hydrogens is 501 g/mol. The van der Waals surface area contributed by atoms with E-state index < -0.39 is 23.3 Å². The van der Waals surface area contributed by atoms with Crippen LogP contribution in [0.15, 0.2) is 41.7 Å². The maximum Gasteiger partial charge on any atom is 0.328 e. The Morgan fingerprint density at radius 1 is 1.14 bits per heavy atom. The van der Waals surface area contributed by atoms with Crippen LogP contribution < -0.4 is 5.32 Å². The number of hydrogen-bond donors (Lipinski definition) is 2. The van der Waals surface area contributed by atoms with Crippen LogP contribution in [0.5, 0.6) is 0 Å². The maximum atomic E-state index is 13.0. The van der Waals surface area contributed by atoms with Gasteiger partial charge in [0.05, 0.1) is 26.9 Å². The van der Waals surface area contributed by atoms with Gasteiger partial charge in [-0.3, -0.25) is 19.6 Å². The van der Waals surface area contributed by atoms with Crippen LogP contribution in [0.3, 0.4) is 0 Å². The zero-order chi connectivity index (χ0) is 25.9. The molecule has 2 saturated carbocycles. The molecule has 190 valence electrons. The number of nitrogens with zero attached hydrogens (tertiary/aromatic N) is 2. The highest BCUT2D eigenvalue weighted by atomic mass is 35.5. The van der Waals surface area contributed by atoms with Crippen LogP contribution in [0.2, 0.25) is 10.0 Å². The van der Waals surface area contributed by atoms with Gasteiger partial charge in [0.15, 0.2) is 11.8 Å². The van der Waals surface area contributed by atoms with E-state index in [2.05, 4.69) is 10.3 Å². The molecule has 0 aliphatic heterocycles. The molecule has 2 N–H and O–H groups in total. The number of anilines is 1. The number of pyridine rings is 1. The van der Waals surface area contributed by atoms with Crippen molar-refractivity contribution in [3.63, 3.8) is 0 Å². The second kappa shape index (κ2) is 11.1. The third-order valence-electron chi connectivity index (χ3n) is 7.19. The van der Waals surface area contributed by atoms with Crippen LogP contribution in [0.4, 0.5) is 5.69 Å². The van der Waals surface area contributed by atoms with E-state index in [9.17, 15) is 19.5 Å². The van der Waals surface area contributed by atoms with Gasteiger partial charge in [0.2, 0.25) is 0 Å². The van der Waals surface area contributed by atoms with Crippen molar-refractivity contribution in [1.29, 1.82) is 0 Å². The minimum absolute atomic E-state index is 0.132. The van der Waals surface area contributed by atoms with Crippen molar-refractivity contribution in [1.82, 2.24) is 4.98 Å². The Kier molecular flexibility index (Phi) is 8.10. The number of amides is 1. The smallest absolute Gasteiger partial charge is 0.328 e. The number of carbonyl (C=O) groups excluding carboxylic acids is 2.